The summed E-state index contributed by atoms with van der Waals surface area (Å²) in [6.07, 6.45) is 0.731. The summed E-state index contributed by atoms with van der Waals surface area (Å²) in [5, 5.41) is 2.95. The van der Waals surface area contributed by atoms with Gasteiger partial charge in [-0.2, -0.15) is 0 Å². The zero-order valence-corrected chi connectivity index (χ0v) is 15.2. The van der Waals surface area contributed by atoms with Crippen LogP contribution in [0.2, 0.25) is 0 Å². The lowest BCUT2D eigenvalue weighted by Crippen LogP contribution is -2.30. The summed E-state index contributed by atoms with van der Waals surface area (Å²) in [5.41, 5.74) is 2.35. The monoisotopic (exact) mass is 338 g/mol. The molecule has 0 spiro atoms. The van der Waals surface area contributed by atoms with Crippen molar-refractivity contribution in [3.8, 4) is 0 Å². The molecular weight excluding hydrogens is 312 g/mol. The van der Waals surface area contributed by atoms with E-state index >= 15 is 0 Å². The summed E-state index contributed by atoms with van der Waals surface area (Å²) >= 11 is 0. The Morgan fingerprint density at radius 3 is 2.04 bits per heavy atom. The first-order valence-electron chi connectivity index (χ1n) is 8.85. The van der Waals surface area contributed by atoms with E-state index in [1.54, 1.807) is 29.2 Å². The minimum absolute atomic E-state index is 0.0126. The number of carbonyl (C=O) groups is 2. The van der Waals surface area contributed by atoms with Gasteiger partial charge in [0.15, 0.2) is 0 Å². The maximum absolute atomic E-state index is 12.6. The lowest BCUT2D eigenvalue weighted by atomic mass is 9.95. The molecule has 0 fully saturated rings. The maximum Gasteiger partial charge on any atom is 0.253 e. The van der Waals surface area contributed by atoms with E-state index in [0.29, 0.717) is 24.3 Å². The highest BCUT2D eigenvalue weighted by Crippen LogP contribution is 2.22. The van der Waals surface area contributed by atoms with Crippen LogP contribution < -0.4 is 5.32 Å². The second kappa shape index (κ2) is 9.02. The van der Waals surface area contributed by atoms with E-state index < -0.39 is 0 Å². The van der Waals surface area contributed by atoms with Crippen LogP contribution in [0, 0.1) is 0 Å². The van der Waals surface area contributed by atoms with Crippen LogP contribution in [0.25, 0.3) is 0 Å². The second-order valence-electron chi connectivity index (χ2n) is 5.92. The normalized spacial score (nSPS) is 11.6. The highest BCUT2D eigenvalue weighted by atomic mass is 16.2. The van der Waals surface area contributed by atoms with Crippen LogP contribution in [0.5, 0.6) is 0 Å². The highest BCUT2D eigenvalue weighted by Gasteiger charge is 2.19. The van der Waals surface area contributed by atoms with Crippen LogP contribution in [0.15, 0.2) is 54.6 Å². The molecule has 2 amide bonds. The molecule has 0 unspecified atom stereocenters. The van der Waals surface area contributed by atoms with Gasteiger partial charge in [0.2, 0.25) is 5.91 Å². The molecule has 2 aromatic carbocycles. The first kappa shape index (κ1) is 18.7. The lowest BCUT2D eigenvalue weighted by molar-refractivity contribution is -0.117. The minimum Gasteiger partial charge on any atom is -0.339 e. The molecule has 2 aromatic rings. The fraction of sp³-hybridized carbons (Fsp3) is 0.333. The molecule has 132 valence electrons. The summed E-state index contributed by atoms with van der Waals surface area (Å²) in [7, 11) is 0. The molecule has 0 radical (unpaired) electrons. The standard InChI is InChI=1S/C21H26N2O2/c1-4-19(16-10-8-7-9-11-16)20(24)22-18-14-12-17(13-15-18)21(25)23(5-2)6-3/h7-15,19H,4-6H2,1-3H3,(H,22,24)/t19-/m0/s1. The average molecular weight is 338 g/mol. The van der Waals surface area contributed by atoms with Gasteiger partial charge in [0.05, 0.1) is 5.92 Å². The number of hydrogen-bond acceptors (Lipinski definition) is 2. The number of hydrogen-bond donors (Lipinski definition) is 1. The van der Waals surface area contributed by atoms with Crippen molar-refractivity contribution in [2.24, 2.45) is 0 Å². The number of amides is 2. The molecule has 1 N–H and O–H groups in total. The van der Waals surface area contributed by atoms with Crippen LogP contribution in [-0.2, 0) is 4.79 Å². The van der Waals surface area contributed by atoms with Crippen LogP contribution >= 0.6 is 0 Å². The Bertz CT molecular complexity index is 692. The second-order valence-corrected chi connectivity index (χ2v) is 5.92. The van der Waals surface area contributed by atoms with E-state index in [4.69, 9.17) is 0 Å². The number of rotatable bonds is 7. The first-order chi connectivity index (χ1) is 12.1. The average Bonchev–Trinajstić information content (AvgIpc) is 2.64. The van der Waals surface area contributed by atoms with Crippen molar-refractivity contribution in [3.63, 3.8) is 0 Å². The largest absolute Gasteiger partial charge is 0.339 e. The summed E-state index contributed by atoms with van der Waals surface area (Å²) in [4.78, 5) is 26.7. The molecule has 0 heterocycles. The van der Waals surface area contributed by atoms with E-state index in [-0.39, 0.29) is 17.7 Å². The molecule has 0 aliphatic heterocycles. The maximum atomic E-state index is 12.6. The van der Waals surface area contributed by atoms with Crippen molar-refractivity contribution in [1.29, 1.82) is 0 Å². The predicted octanol–water partition coefficient (Wildman–Crippen LogP) is 4.30. The van der Waals surface area contributed by atoms with Gasteiger partial charge in [-0.3, -0.25) is 9.59 Å². The predicted molar refractivity (Wildman–Crippen MR) is 102 cm³/mol. The molecule has 0 aliphatic rings. The number of nitrogens with zero attached hydrogens (tertiary/aromatic N) is 1. The van der Waals surface area contributed by atoms with Gasteiger partial charge in [0, 0.05) is 24.3 Å². The molecular formula is C21H26N2O2. The Hall–Kier alpha value is -2.62. The van der Waals surface area contributed by atoms with Gasteiger partial charge < -0.3 is 10.2 Å². The van der Waals surface area contributed by atoms with Crippen molar-refractivity contribution in [1.82, 2.24) is 4.90 Å². The van der Waals surface area contributed by atoms with Crippen molar-refractivity contribution in [3.05, 3.63) is 65.7 Å². The van der Waals surface area contributed by atoms with Gasteiger partial charge in [-0.25, -0.2) is 0 Å². The third kappa shape index (κ3) is 4.69. The van der Waals surface area contributed by atoms with E-state index in [1.807, 2.05) is 51.1 Å². The van der Waals surface area contributed by atoms with E-state index in [0.717, 1.165) is 12.0 Å². The van der Waals surface area contributed by atoms with E-state index in [2.05, 4.69) is 5.32 Å². The number of nitrogens with one attached hydrogen (secondary N) is 1. The topological polar surface area (TPSA) is 49.4 Å². The lowest BCUT2D eigenvalue weighted by Gasteiger charge is -2.19. The Balaban J connectivity index is 2.07. The molecule has 1 atom stereocenters. The van der Waals surface area contributed by atoms with Crippen LogP contribution in [0.3, 0.4) is 0 Å². The van der Waals surface area contributed by atoms with E-state index in [1.165, 1.54) is 0 Å². The molecule has 25 heavy (non-hydrogen) atoms. The third-order valence-electron chi connectivity index (χ3n) is 4.38. The van der Waals surface area contributed by atoms with Gasteiger partial charge >= 0.3 is 0 Å². The van der Waals surface area contributed by atoms with Crippen molar-refractivity contribution < 1.29 is 9.59 Å². The van der Waals surface area contributed by atoms with Crippen LogP contribution in [0.4, 0.5) is 5.69 Å². The van der Waals surface area contributed by atoms with Crippen LogP contribution in [-0.4, -0.2) is 29.8 Å². The van der Waals surface area contributed by atoms with Crippen molar-refractivity contribution in [2.45, 2.75) is 33.1 Å². The molecule has 4 heteroatoms. The number of benzene rings is 2. The quantitative estimate of drug-likeness (QED) is 0.818. The van der Waals surface area contributed by atoms with Gasteiger partial charge in [0.1, 0.15) is 0 Å². The van der Waals surface area contributed by atoms with Crippen molar-refractivity contribution >= 4 is 17.5 Å². The smallest absolute Gasteiger partial charge is 0.253 e. The zero-order chi connectivity index (χ0) is 18.2. The first-order valence-corrected chi connectivity index (χ1v) is 8.85. The van der Waals surface area contributed by atoms with E-state index in [9.17, 15) is 9.59 Å². The third-order valence-corrected chi connectivity index (χ3v) is 4.38. The molecule has 0 aliphatic carbocycles. The zero-order valence-electron chi connectivity index (χ0n) is 15.2. The molecule has 0 bridgehead atoms. The molecule has 2 rings (SSSR count). The van der Waals surface area contributed by atoms with Gasteiger partial charge in [0.25, 0.3) is 5.91 Å². The van der Waals surface area contributed by atoms with Gasteiger partial charge in [-0.05, 0) is 50.1 Å². The Morgan fingerprint density at radius 2 is 1.52 bits per heavy atom. The van der Waals surface area contributed by atoms with Gasteiger partial charge in [-0.15, -0.1) is 0 Å². The SMILES string of the molecule is CC[C@H](C(=O)Nc1ccc(C(=O)N(CC)CC)cc1)c1ccccc1. The van der Waals surface area contributed by atoms with Crippen molar-refractivity contribution in [2.75, 3.05) is 18.4 Å². The highest BCUT2D eigenvalue weighted by molar-refractivity contribution is 5.97. The number of anilines is 1. The Labute approximate surface area is 149 Å². The molecule has 0 saturated heterocycles. The molecule has 0 aromatic heterocycles. The fourth-order valence-corrected chi connectivity index (χ4v) is 2.88. The summed E-state index contributed by atoms with van der Waals surface area (Å²) in [6, 6.07) is 16.9. The Morgan fingerprint density at radius 1 is 0.920 bits per heavy atom. The minimum atomic E-state index is -0.182. The number of carbonyl (C=O) groups excluding carboxylic acids is 2. The van der Waals surface area contributed by atoms with Gasteiger partial charge in [-0.1, -0.05) is 37.3 Å². The summed E-state index contributed by atoms with van der Waals surface area (Å²) < 4.78 is 0. The summed E-state index contributed by atoms with van der Waals surface area (Å²) in [6.45, 7) is 7.30. The Kier molecular flexibility index (Phi) is 6.75. The molecule has 4 nitrogen and oxygen atoms in total. The summed E-state index contributed by atoms with van der Waals surface area (Å²) in [5.74, 6) is -0.201. The molecule has 0 saturated carbocycles. The fourth-order valence-electron chi connectivity index (χ4n) is 2.88. The van der Waals surface area contributed by atoms with Crippen LogP contribution in [0.1, 0.15) is 49.0 Å².